The monoisotopic (exact) mass is 242 g/mol. The highest BCUT2D eigenvalue weighted by molar-refractivity contribution is 7.13. The van der Waals surface area contributed by atoms with Crippen LogP contribution in [0.15, 0.2) is 41.8 Å². The van der Waals surface area contributed by atoms with Crippen molar-refractivity contribution in [1.29, 1.82) is 0 Å². The van der Waals surface area contributed by atoms with E-state index in [1.165, 1.54) is 11.3 Å². The Morgan fingerprint density at radius 2 is 1.94 bits per heavy atom. The number of thiazole rings is 1. The second-order valence-corrected chi connectivity index (χ2v) is 4.49. The molecule has 3 rings (SSSR count). The first-order chi connectivity index (χ1) is 8.33. The van der Waals surface area contributed by atoms with Crippen molar-refractivity contribution in [1.82, 2.24) is 15.2 Å². The second-order valence-electron chi connectivity index (χ2n) is 3.60. The van der Waals surface area contributed by atoms with E-state index < -0.39 is 0 Å². The molecule has 4 nitrogen and oxygen atoms in total. The lowest BCUT2D eigenvalue weighted by Crippen LogP contribution is -1.82. The van der Waals surface area contributed by atoms with E-state index in [1.54, 1.807) is 0 Å². The largest absolute Gasteiger partial charge is 0.375 e. The molecule has 0 atom stereocenters. The van der Waals surface area contributed by atoms with Crippen molar-refractivity contribution in [2.75, 3.05) is 5.73 Å². The number of anilines is 1. The molecule has 2 aromatic heterocycles. The van der Waals surface area contributed by atoms with E-state index in [4.69, 9.17) is 5.73 Å². The summed E-state index contributed by atoms with van der Waals surface area (Å²) in [5.41, 5.74) is 9.32. The summed E-state index contributed by atoms with van der Waals surface area (Å²) in [5, 5.41) is 9.72. The van der Waals surface area contributed by atoms with Gasteiger partial charge in [0.1, 0.15) is 5.69 Å². The molecular weight excluding hydrogens is 232 g/mol. The predicted octanol–water partition coefficient (Wildman–Crippen LogP) is 2.78. The Morgan fingerprint density at radius 3 is 2.65 bits per heavy atom. The van der Waals surface area contributed by atoms with Gasteiger partial charge in [-0.05, 0) is 6.07 Å². The second kappa shape index (κ2) is 4.03. The molecule has 0 bridgehead atoms. The van der Waals surface area contributed by atoms with Gasteiger partial charge in [0.2, 0.25) is 0 Å². The number of aromatic nitrogens is 3. The van der Waals surface area contributed by atoms with Gasteiger partial charge in [0.05, 0.1) is 11.4 Å². The Bertz CT molecular complexity index is 627. The summed E-state index contributed by atoms with van der Waals surface area (Å²) >= 11 is 1.42. The van der Waals surface area contributed by atoms with Crippen molar-refractivity contribution in [2.45, 2.75) is 0 Å². The highest BCUT2D eigenvalue weighted by atomic mass is 32.1. The summed E-state index contributed by atoms with van der Waals surface area (Å²) in [6, 6.07) is 12.0. The van der Waals surface area contributed by atoms with Crippen LogP contribution >= 0.6 is 11.3 Å². The minimum atomic E-state index is 0.566. The van der Waals surface area contributed by atoms with Crippen LogP contribution in [0.4, 0.5) is 5.13 Å². The third-order valence-corrected chi connectivity index (χ3v) is 3.12. The Morgan fingerprint density at radius 1 is 1.12 bits per heavy atom. The number of hydrogen-bond acceptors (Lipinski definition) is 4. The number of nitrogens with one attached hydrogen (secondary N) is 1. The fourth-order valence-corrected chi connectivity index (χ4v) is 2.18. The van der Waals surface area contributed by atoms with Gasteiger partial charge in [0.15, 0.2) is 5.13 Å². The molecule has 0 spiro atoms. The third-order valence-electron chi connectivity index (χ3n) is 2.45. The molecule has 0 saturated heterocycles. The summed E-state index contributed by atoms with van der Waals surface area (Å²) in [5.74, 6) is 0. The van der Waals surface area contributed by atoms with Crippen LogP contribution in [0.3, 0.4) is 0 Å². The van der Waals surface area contributed by atoms with Crippen LogP contribution in [0, 0.1) is 0 Å². The molecule has 0 radical (unpaired) electrons. The maximum absolute atomic E-state index is 5.61. The maximum atomic E-state index is 5.61. The molecule has 17 heavy (non-hydrogen) atoms. The number of aromatic amines is 1. The van der Waals surface area contributed by atoms with Crippen LogP contribution in [0.1, 0.15) is 0 Å². The SMILES string of the molecule is Nc1nc(-c2cc(-c3ccccc3)n[nH]2)cs1. The highest BCUT2D eigenvalue weighted by Gasteiger charge is 2.07. The normalized spacial score (nSPS) is 10.6. The lowest BCUT2D eigenvalue weighted by Gasteiger charge is -1.92. The van der Waals surface area contributed by atoms with Crippen LogP contribution < -0.4 is 5.73 Å². The number of benzene rings is 1. The first-order valence-electron chi connectivity index (χ1n) is 5.15. The van der Waals surface area contributed by atoms with E-state index in [0.29, 0.717) is 5.13 Å². The van der Waals surface area contributed by atoms with Crippen molar-refractivity contribution in [3.8, 4) is 22.6 Å². The smallest absolute Gasteiger partial charge is 0.180 e. The highest BCUT2D eigenvalue weighted by Crippen LogP contribution is 2.25. The Hall–Kier alpha value is -2.14. The zero-order valence-corrected chi connectivity index (χ0v) is 9.74. The van der Waals surface area contributed by atoms with Crippen LogP contribution in [-0.2, 0) is 0 Å². The Balaban J connectivity index is 1.99. The average Bonchev–Trinajstić information content (AvgIpc) is 2.98. The molecule has 3 aromatic rings. The molecule has 0 aliphatic carbocycles. The van der Waals surface area contributed by atoms with Gasteiger partial charge in [-0.15, -0.1) is 11.3 Å². The predicted molar refractivity (Wildman–Crippen MR) is 69.5 cm³/mol. The molecule has 5 heteroatoms. The van der Waals surface area contributed by atoms with Crippen molar-refractivity contribution < 1.29 is 0 Å². The summed E-state index contributed by atoms with van der Waals surface area (Å²) < 4.78 is 0. The summed E-state index contributed by atoms with van der Waals surface area (Å²) in [7, 11) is 0. The minimum Gasteiger partial charge on any atom is -0.375 e. The fraction of sp³-hybridized carbons (Fsp3) is 0. The number of nitrogen functional groups attached to an aromatic ring is 1. The zero-order valence-electron chi connectivity index (χ0n) is 8.92. The van der Waals surface area contributed by atoms with Gasteiger partial charge in [0.25, 0.3) is 0 Å². The molecule has 2 heterocycles. The quantitative estimate of drug-likeness (QED) is 0.726. The zero-order chi connectivity index (χ0) is 11.7. The van der Waals surface area contributed by atoms with E-state index in [2.05, 4.69) is 15.2 Å². The molecule has 0 unspecified atom stereocenters. The molecule has 0 saturated carbocycles. The van der Waals surface area contributed by atoms with Gasteiger partial charge < -0.3 is 5.73 Å². The maximum Gasteiger partial charge on any atom is 0.180 e. The van der Waals surface area contributed by atoms with Gasteiger partial charge in [-0.3, -0.25) is 5.10 Å². The van der Waals surface area contributed by atoms with Gasteiger partial charge in [-0.2, -0.15) is 5.10 Å². The number of hydrogen-bond donors (Lipinski definition) is 2. The van der Waals surface area contributed by atoms with Crippen molar-refractivity contribution in [3.05, 3.63) is 41.8 Å². The molecule has 0 aliphatic rings. The molecule has 3 N–H and O–H groups in total. The standard InChI is InChI=1S/C12H10N4S/c13-12-14-11(7-17-12)10-6-9(15-16-10)8-4-2-1-3-5-8/h1-7H,(H2,13,14)(H,15,16). The Labute approximate surface area is 102 Å². The first kappa shape index (κ1) is 10.0. The lowest BCUT2D eigenvalue weighted by molar-refractivity contribution is 1.09. The minimum absolute atomic E-state index is 0.566. The van der Waals surface area contributed by atoms with Crippen molar-refractivity contribution in [3.63, 3.8) is 0 Å². The van der Waals surface area contributed by atoms with Crippen LogP contribution in [0.5, 0.6) is 0 Å². The molecular formula is C12H10N4S. The average molecular weight is 242 g/mol. The lowest BCUT2D eigenvalue weighted by atomic mass is 10.1. The summed E-state index contributed by atoms with van der Waals surface area (Å²) in [6.45, 7) is 0. The number of nitrogens with zero attached hydrogens (tertiary/aromatic N) is 2. The van der Waals surface area contributed by atoms with E-state index in [0.717, 1.165) is 22.6 Å². The van der Waals surface area contributed by atoms with Gasteiger partial charge in [-0.25, -0.2) is 4.98 Å². The van der Waals surface area contributed by atoms with E-state index in [9.17, 15) is 0 Å². The van der Waals surface area contributed by atoms with Gasteiger partial charge >= 0.3 is 0 Å². The summed E-state index contributed by atoms with van der Waals surface area (Å²) in [4.78, 5) is 4.21. The molecule has 84 valence electrons. The molecule has 1 aromatic carbocycles. The fourth-order valence-electron chi connectivity index (χ4n) is 1.62. The van der Waals surface area contributed by atoms with Crippen molar-refractivity contribution in [2.24, 2.45) is 0 Å². The van der Waals surface area contributed by atoms with E-state index in [1.807, 2.05) is 41.8 Å². The van der Waals surface area contributed by atoms with Crippen LogP contribution in [0.25, 0.3) is 22.6 Å². The summed E-state index contributed by atoms with van der Waals surface area (Å²) in [6.07, 6.45) is 0. The number of H-pyrrole nitrogens is 1. The van der Waals surface area contributed by atoms with E-state index >= 15 is 0 Å². The Kier molecular flexibility index (Phi) is 2.38. The molecule has 0 aliphatic heterocycles. The van der Waals surface area contributed by atoms with Crippen LogP contribution in [-0.4, -0.2) is 15.2 Å². The van der Waals surface area contributed by atoms with Crippen molar-refractivity contribution >= 4 is 16.5 Å². The third kappa shape index (κ3) is 1.92. The van der Waals surface area contributed by atoms with E-state index in [-0.39, 0.29) is 0 Å². The molecule has 0 amide bonds. The molecule has 0 fully saturated rings. The number of nitrogens with two attached hydrogens (primary N) is 1. The first-order valence-corrected chi connectivity index (χ1v) is 6.03. The van der Waals surface area contributed by atoms with Crippen LogP contribution in [0.2, 0.25) is 0 Å². The van der Waals surface area contributed by atoms with Gasteiger partial charge in [0, 0.05) is 10.9 Å². The topological polar surface area (TPSA) is 67.6 Å². The number of rotatable bonds is 2. The van der Waals surface area contributed by atoms with Gasteiger partial charge in [-0.1, -0.05) is 30.3 Å².